The largest absolute Gasteiger partial charge is 0.494 e. The summed E-state index contributed by atoms with van der Waals surface area (Å²) in [6, 6.07) is 50.3. The molecule has 0 atom stereocenters. The first-order valence-corrected chi connectivity index (χ1v) is 39.1. The van der Waals surface area contributed by atoms with E-state index < -0.39 is 0 Å². The zero-order chi connectivity index (χ0) is 65.0. The first-order valence-electron chi connectivity index (χ1n) is 39.1. The standard InChI is InChI=1S/C90H122O4/c1-5-9-13-17-21-25-29-33-37-41-63-91-75-55-45-51-71(67-75)83-79-59-49-61-81-87(79)89(85(83)73-53-47-57-77(69-73)93-65-43-39-35-31-27-23-19-15-11-7-3)82-62-50-60-80-84(72-52-46-56-76(68-72)92-64-42-38-34-30-26-22-18-14-10-6-2)86(90(81)88(80)82)74-54-48-58-78(70-74)94-66-44-40-36-32-28-24-20-16-12-8-4/h45-62,67-70H,5-44,63-66H2,1-4H3. The monoisotopic (exact) mass is 1270 g/mol. The molecule has 0 N–H and O–H groups in total. The van der Waals surface area contributed by atoms with E-state index in [1.54, 1.807) is 0 Å². The molecule has 0 aliphatic rings. The molecule has 0 spiro atoms. The van der Waals surface area contributed by atoms with Crippen molar-refractivity contribution in [3.8, 4) is 67.5 Å². The summed E-state index contributed by atoms with van der Waals surface area (Å²) in [6.45, 7) is 12.1. The highest BCUT2D eigenvalue weighted by molar-refractivity contribution is 6.44. The average Bonchev–Trinajstić information content (AvgIpc) is 1.51. The Kier molecular flexibility index (Phi) is 31.9. The van der Waals surface area contributed by atoms with Gasteiger partial charge >= 0.3 is 0 Å². The molecule has 0 aromatic heterocycles. The minimum Gasteiger partial charge on any atom is -0.494 e. The second-order valence-corrected chi connectivity index (χ2v) is 27.9. The number of hydrogen-bond donors (Lipinski definition) is 0. The molecular formula is C90H122O4. The fourth-order valence-electron chi connectivity index (χ4n) is 15.0. The fraction of sp³-hybridized carbons (Fsp3) is 0.533. The number of benzene rings is 7. The van der Waals surface area contributed by atoms with Gasteiger partial charge in [-0.05, 0) is 162 Å². The van der Waals surface area contributed by atoms with Gasteiger partial charge in [0.15, 0.2) is 0 Å². The molecule has 0 aliphatic carbocycles. The van der Waals surface area contributed by atoms with Crippen LogP contribution in [0.2, 0.25) is 0 Å². The number of ether oxygens (including phenoxy) is 4. The quantitative estimate of drug-likeness (QED) is 0.0281. The average molecular weight is 1270 g/mol. The number of unbranched alkanes of at least 4 members (excludes halogenated alkanes) is 36. The third-order valence-corrected chi connectivity index (χ3v) is 20.3. The van der Waals surface area contributed by atoms with Crippen LogP contribution in [0.3, 0.4) is 0 Å². The summed E-state index contributed by atoms with van der Waals surface area (Å²) in [4.78, 5) is 0. The number of hydrogen-bond acceptors (Lipinski definition) is 4. The van der Waals surface area contributed by atoms with Gasteiger partial charge in [0.1, 0.15) is 23.0 Å². The van der Waals surface area contributed by atoms with Crippen molar-refractivity contribution in [1.29, 1.82) is 0 Å². The van der Waals surface area contributed by atoms with Crippen molar-refractivity contribution < 1.29 is 18.9 Å². The number of rotatable bonds is 52. The molecule has 94 heavy (non-hydrogen) atoms. The number of fused-ring (bicyclic) bond motifs is 2. The van der Waals surface area contributed by atoms with Crippen molar-refractivity contribution >= 4 is 43.1 Å². The van der Waals surface area contributed by atoms with Gasteiger partial charge in [-0.2, -0.15) is 0 Å². The lowest BCUT2D eigenvalue weighted by Gasteiger charge is -2.13. The van der Waals surface area contributed by atoms with Crippen molar-refractivity contribution in [2.24, 2.45) is 0 Å². The molecule has 9 aromatic carbocycles. The Morgan fingerprint density at radius 1 is 0.191 bits per heavy atom. The normalized spacial score (nSPS) is 11.8. The van der Waals surface area contributed by atoms with Crippen LogP contribution in [0.5, 0.6) is 23.0 Å². The van der Waals surface area contributed by atoms with Crippen LogP contribution in [-0.4, -0.2) is 26.4 Å². The maximum Gasteiger partial charge on any atom is 0.119 e. The van der Waals surface area contributed by atoms with Crippen LogP contribution in [0.4, 0.5) is 0 Å². The van der Waals surface area contributed by atoms with Crippen molar-refractivity contribution in [2.75, 3.05) is 26.4 Å². The summed E-state index contributed by atoms with van der Waals surface area (Å²) in [7, 11) is 0. The molecule has 0 aliphatic heterocycles. The van der Waals surface area contributed by atoms with E-state index >= 15 is 0 Å². The van der Waals surface area contributed by atoms with E-state index in [1.165, 1.54) is 319 Å². The van der Waals surface area contributed by atoms with Crippen molar-refractivity contribution in [3.63, 3.8) is 0 Å². The van der Waals surface area contributed by atoms with Gasteiger partial charge < -0.3 is 18.9 Å². The summed E-state index contributed by atoms with van der Waals surface area (Å²) in [6.07, 6.45) is 52.3. The first-order chi connectivity index (χ1) is 46.6. The van der Waals surface area contributed by atoms with Gasteiger partial charge in [-0.25, -0.2) is 0 Å². The highest BCUT2D eigenvalue weighted by Crippen LogP contribution is 2.57. The predicted octanol–water partition coefficient (Wildman–Crippen LogP) is 29.0. The molecule has 0 radical (unpaired) electrons. The molecule has 0 saturated heterocycles. The maximum atomic E-state index is 6.73. The second kappa shape index (κ2) is 41.6. The Hall–Kier alpha value is -6.26. The summed E-state index contributed by atoms with van der Waals surface area (Å²) in [5.41, 5.74) is 9.72. The molecule has 0 bridgehead atoms. The van der Waals surface area contributed by atoms with Crippen molar-refractivity contribution in [3.05, 3.63) is 133 Å². The van der Waals surface area contributed by atoms with E-state index in [4.69, 9.17) is 18.9 Å². The molecule has 0 unspecified atom stereocenters. The van der Waals surface area contributed by atoms with E-state index in [0.717, 1.165) is 75.1 Å². The van der Waals surface area contributed by atoms with Gasteiger partial charge in [0.05, 0.1) is 26.4 Å². The summed E-state index contributed by atoms with van der Waals surface area (Å²) in [5, 5.41) is 10.3. The van der Waals surface area contributed by atoms with Crippen LogP contribution in [-0.2, 0) is 0 Å². The van der Waals surface area contributed by atoms with Crippen LogP contribution in [0.1, 0.15) is 285 Å². The van der Waals surface area contributed by atoms with Crippen molar-refractivity contribution in [1.82, 2.24) is 0 Å². The zero-order valence-corrected chi connectivity index (χ0v) is 59.4. The summed E-state index contributed by atoms with van der Waals surface area (Å²) in [5.74, 6) is 3.74. The van der Waals surface area contributed by atoms with E-state index in [2.05, 4.69) is 161 Å². The summed E-state index contributed by atoms with van der Waals surface area (Å²) < 4.78 is 26.9. The van der Waals surface area contributed by atoms with Gasteiger partial charge in [0.2, 0.25) is 0 Å². The van der Waals surface area contributed by atoms with Gasteiger partial charge in [0.25, 0.3) is 0 Å². The maximum absolute atomic E-state index is 6.73. The van der Waals surface area contributed by atoms with Gasteiger partial charge in [-0.3, -0.25) is 0 Å². The van der Waals surface area contributed by atoms with Crippen LogP contribution in [0.25, 0.3) is 87.6 Å². The Bertz CT molecular complexity index is 3280. The SMILES string of the molecule is CCCCCCCCCCCCOc1cccc(-c2c(-c3cccc(OCCCCCCCCCCCC)c3)c3c4cccc5c(-c6cccc(OCCCCCCCCCCCC)c6)c(-c6cccc(OCCCCCCCCCCCC)c6)c(c6cccc2c63)c54)c1. The zero-order valence-electron chi connectivity index (χ0n) is 59.4. The summed E-state index contributed by atoms with van der Waals surface area (Å²) >= 11 is 0. The minimum atomic E-state index is 0.726. The Morgan fingerprint density at radius 3 is 0.638 bits per heavy atom. The molecule has 4 nitrogen and oxygen atoms in total. The molecule has 9 aromatic rings. The van der Waals surface area contributed by atoms with Crippen LogP contribution >= 0.6 is 0 Å². The highest BCUT2D eigenvalue weighted by Gasteiger charge is 2.29. The van der Waals surface area contributed by atoms with Crippen molar-refractivity contribution in [2.45, 2.75) is 285 Å². The molecule has 9 rings (SSSR count). The van der Waals surface area contributed by atoms with Crippen LogP contribution in [0, 0.1) is 0 Å². The van der Waals surface area contributed by atoms with E-state index in [-0.39, 0.29) is 0 Å². The molecule has 0 amide bonds. The minimum absolute atomic E-state index is 0.726. The van der Waals surface area contributed by atoms with E-state index in [1.807, 2.05) is 0 Å². The molecule has 0 fully saturated rings. The molecule has 0 heterocycles. The lowest BCUT2D eigenvalue weighted by molar-refractivity contribution is 0.304. The third kappa shape index (κ3) is 21.4. The Balaban J connectivity index is 1.07. The Morgan fingerprint density at radius 2 is 0.394 bits per heavy atom. The fourth-order valence-corrected chi connectivity index (χ4v) is 15.0. The second-order valence-electron chi connectivity index (χ2n) is 27.9. The van der Waals surface area contributed by atoms with E-state index in [9.17, 15) is 0 Å². The lowest BCUT2D eigenvalue weighted by atomic mass is 9.91. The molecule has 4 heteroatoms. The highest BCUT2D eigenvalue weighted by atomic mass is 16.5. The van der Waals surface area contributed by atoms with E-state index in [0.29, 0.717) is 0 Å². The molecule has 0 saturated carbocycles. The Labute approximate surface area is 570 Å². The topological polar surface area (TPSA) is 36.9 Å². The lowest BCUT2D eigenvalue weighted by Crippen LogP contribution is -1.98. The van der Waals surface area contributed by atoms with Crippen LogP contribution < -0.4 is 18.9 Å². The third-order valence-electron chi connectivity index (χ3n) is 20.3. The smallest absolute Gasteiger partial charge is 0.119 e. The molecular weight excluding hydrogens is 1140 g/mol. The van der Waals surface area contributed by atoms with Crippen LogP contribution in [0.15, 0.2) is 133 Å². The predicted molar refractivity (Wildman–Crippen MR) is 410 cm³/mol. The first kappa shape index (κ1) is 72.0. The molecule has 506 valence electrons. The van der Waals surface area contributed by atoms with Gasteiger partial charge in [-0.1, -0.05) is 344 Å². The van der Waals surface area contributed by atoms with Gasteiger partial charge in [-0.15, -0.1) is 0 Å². The van der Waals surface area contributed by atoms with Gasteiger partial charge in [0, 0.05) is 0 Å².